The quantitative estimate of drug-likeness (QED) is 0.584. The van der Waals surface area contributed by atoms with Crippen molar-refractivity contribution in [1.82, 2.24) is 5.32 Å². The molecule has 0 aromatic carbocycles. The van der Waals surface area contributed by atoms with Crippen molar-refractivity contribution >= 4 is 10.8 Å². The summed E-state index contributed by atoms with van der Waals surface area (Å²) in [6, 6.07) is 0.0866. The van der Waals surface area contributed by atoms with Crippen molar-refractivity contribution in [2.45, 2.75) is 13.0 Å². The maximum atomic E-state index is 10.5. The van der Waals surface area contributed by atoms with Gasteiger partial charge in [-0.05, 0) is 6.92 Å². The first-order valence-corrected chi connectivity index (χ1v) is 4.89. The summed E-state index contributed by atoms with van der Waals surface area (Å²) in [5.41, 5.74) is 0. The fourth-order valence-corrected chi connectivity index (χ4v) is 0.883. The van der Waals surface area contributed by atoms with Gasteiger partial charge in [0, 0.05) is 29.4 Å². The van der Waals surface area contributed by atoms with E-state index in [0.29, 0.717) is 5.75 Å². The van der Waals surface area contributed by atoms with Gasteiger partial charge in [-0.2, -0.15) is 0 Å². The smallest absolute Gasteiger partial charge is 0.0658 e. The average Bonchev–Trinajstić information content (AvgIpc) is 1.87. The lowest BCUT2D eigenvalue weighted by atomic mass is 10.4. The molecule has 58 valence electrons. The zero-order valence-corrected chi connectivity index (χ0v) is 7.20. The van der Waals surface area contributed by atoms with E-state index < -0.39 is 10.8 Å². The number of hydrogen-bond acceptors (Lipinski definition) is 2. The minimum absolute atomic E-state index is 0.0866. The summed E-state index contributed by atoms with van der Waals surface area (Å²) in [6.45, 7) is 2.63. The molecule has 0 rings (SSSR count). The van der Waals surface area contributed by atoms with Gasteiger partial charge in [0.05, 0.1) is 6.04 Å². The highest BCUT2D eigenvalue weighted by Gasteiger charge is 1.94. The maximum absolute atomic E-state index is 10.5. The zero-order chi connectivity index (χ0) is 7.98. The van der Waals surface area contributed by atoms with Crippen molar-refractivity contribution in [2.75, 3.05) is 18.6 Å². The molecule has 0 saturated carbocycles. The van der Waals surface area contributed by atoms with Crippen molar-refractivity contribution in [2.24, 2.45) is 0 Å². The van der Waals surface area contributed by atoms with Crippen LogP contribution in [0.2, 0.25) is 0 Å². The third kappa shape index (κ3) is 5.80. The molecule has 0 radical (unpaired) electrons. The van der Waals surface area contributed by atoms with Crippen molar-refractivity contribution in [3.05, 3.63) is 0 Å². The van der Waals surface area contributed by atoms with Crippen LogP contribution < -0.4 is 5.32 Å². The average molecular weight is 159 g/mol. The molecule has 0 aromatic rings. The Labute approximate surface area is 64.9 Å². The van der Waals surface area contributed by atoms with Crippen LogP contribution in [0.25, 0.3) is 0 Å². The van der Waals surface area contributed by atoms with Crippen LogP contribution in [-0.2, 0) is 10.8 Å². The van der Waals surface area contributed by atoms with Gasteiger partial charge in [0.2, 0.25) is 0 Å². The number of rotatable bonds is 4. The molecule has 3 heteroatoms. The lowest BCUT2D eigenvalue weighted by molar-refractivity contribution is 0.661. The Hall–Kier alpha value is -0.330. The summed E-state index contributed by atoms with van der Waals surface area (Å²) in [7, 11) is -0.715. The van der Waals surface area contributed by atoms with Gasteiger partial charge in [0.1, 0.15) is 0 Å². The van der Waals surface area contributed by atoms with Gasteiger partial charge in [-0.25, -0.2) is 0 Å². The van der Waals surface area contributed by atoms with Gasteiger partial charge in [-0.1, -0.05) is 5.92 Å². The second-order valence-corrected chi connectivity index (χ2v) is 3.67. The van der Waals surface area contributed by atoms with Crippen LogP contribution in [0.4, 0.5) is 0 Å². The molecule has 2 unspecified atom stereocenters. The van der Waals surface area contributed by atoms with E-state index in [1.54, 1.807) is 6.26 Å². The largest absolute Gasteiger partial charge is 0.303 e. The predicted molar refractivity (Wildman–Crippen MR) is 45.2 cm³/mol. The van der Waals surface area contributed by atoms with Gasteiger partial charge < -0.3 is 5.32 Å². The maximum Gasteiger partial charge on any atom is 0.0658 e. The Morgan fingerprint density at radius 2 is 2.40 bits per heavy atom. The number of terminal acetylenes is 1. The Balaban J connectivity index is 3.22. The molecule has 10 heavy (non-hydrogen) atoms. The summed E-state index contributed by atoms with van der Waals surface area (Å²) >= 11 is 0. The topological polar surface area (TPSA) is 29.1 Å². The van der Waals surface area contributed by atoms with Crippen molar-refractivity contribution in [3.63, 3.8) is 0 Å². The van der Waals surface area contributed by atoms with Crippen LogP contribution in [0, 0.1) is 12.3 Å². The highest BCUT2D eigenvalue weighted by atomic mass is 32.2. The predicted octanol–water partition coefficient (Wildman–Crippen LogP) is -0.0238. The fraction of sp³-hybridized carbons (Fsp3) is 0.714. The molecule has 0 aliphatic rings. The molecule has 1 N–H and O–H groups in total. The summed E-state index contributed by atoms with van der Waals surface area (Å²) in [4.78, 5) is 0. The number of hydrogen-bond donors (Lipinski definition) is 1. The van der Waals surface area contributed by atoms with E-state index in [2.05, 4.69) is 11.2 Å². The van der Waals surface area contributed by atoms with Gasteiger partial charge >= 0.3 is 0 Å². The molecule has 0 saturated heterocycles. The van der Waals surface area contributed by atoms with E-state index in [9.17, 15) is 4.21 Å². The van der Waals surface area contributed by atoms with Gasteiger partial charge in [-0.15, -0.1) is 6.42 Å². The van der Waals surface area contributed by atoms with Gasteiger partial charge in [0.25, 0.3) is 0 Å². The molecule has 2 atom stereocenters. The van der Waals surface area contributed by atoms with E-state index >= 15 is 0 Å². The van der Waals surface area contributed by atoms with Gasteiger partial charge in [-0.3, -0.25) is 4.21 Å². The molecule has 0 bridgehead atoms. The van der Waals surface area contributed by atoms with Crippen LogP contribution >= 0.6 is 0 Å². The molecule has 0 aromatic heterocycles. The van der Waals surface area contributed by atoms with E-state index in [4.69, 9.17) is 6.42 Å². The Morgan fingerprint density at radius 1 is 1.80 bits per heavy atom. The summed E-state index contributed by atoms with van der Waals surface area (Å²) in [5, 5.41) is 3.03. The minimum Gasteiger partial charge on any atom is -0.303 e. The van der Waals surface area contributed by atoms with E-state index in [1.807, 2.05) is 6.92 Å². The van der Waals surface area contributed by atoms with Crippen LogP contribution in [0.1, 0.15) is 6.92 Å². The molecule has 0 aliphatic carbocycles. The van der Waals surface area contributed by atoms with E-state index in [-0.39, 0.29) is 6.04 Å². The molecule has 0 fully saturated rings. The monoisotopic (exact) mass is 159 g/mol. The molecular formula is C7H13NOS. The lowest BCUT2D eigenvalue weighted by Crippen LogP contribution is -2.28. The lowest BCUT2D eigenvalue weighted by Gasteiger charge is -2.04. The van der Waals surface area contributed by atoms with Crippen LogP contribution in [0.5, 0.6) is 0 Å². The fourth-order valence-electron chi connectivity index (χ4n) is 0.478. The van der Waals surface area contributed by atoms with Crippen molar-refractivity contribution in [3.8, 4) is 12.3 Å². The standard InChI is InChI=1S/C7H13NOS/c1-4-7(2)8-5-6-10(3)9/h1,7-8H,5-6H2,2-3H3. The summed E-state index contributed by atoms with van der Waals surface area (Å²) < 4.78 is 10.5. The SMILES string of the molecule is C#CC(C)NCCS(C)=O. The molecule has 0 amide bonds. The first-order chi connectivity index (χ1) is 4.66. The van der Waals surface area contributed by atoms with E-state index in [0.717, 1.165) is 6.54 Å². The van der Waals surface area contributed by atoms with E-state index in [1.165, 1.54) is 0 Å². The van der Waals surface area contributed by atoms with Crippen LogP contribution in [-0.4, -0.2) is 28.8 Å². The zero-order valence-electron chi connectivity index (χ0n) is 6.39. The highest BCUT2D eigenvalue weighted by Crippen LogP contribution is 1.77. The molecular weight excluding hydrogens is 146 g/mol. The molecule has 0 aliphatic heterocycles. The van der Waals surface area contributed by atoms with Crippen LogP contribution in [0.15, 0.2) is 0 Å². The Kier molecular flexibility index (Phi) is 5.27. The Morgan fingerprint density at radius 3 is 2.80 bits per heavy atom. The Bertz CT molecular complexity index is 150. The normalized spacial score (nSPS) is 15.7. The second kappa shape index (κ2) is 5.45. The molecule has 0 heterocycles. The summed E-state index contributed by atoms with van der Waals surface area (Å²) in [5.74, 6) is 3.20. The first kappa shape index (κ1) is 9.67. The second-order valence-electron chi connectivity index (χ2n) is 2.12. The summed E-state index contributed by atoms with van der Waals surface area (Å²) in [6.07, 6.45) is 6.78. The van der Waals surface area contributed by atoms with Crippen molar-refractivity contribution < 1.29 is 4.21 Å². The number of nitrogens with one attached hydrogen (secondary N) is 1. The highest BCUT2D eigenvalue weighted by molar-refractivity contribution is 7.84. The third-order valence-electron chi connectivity index (χ3n) is 1.09. The third-order valence-corrected chi connectivity index (χ3v) is 1.87. The first-order valence-electron chi connectivity index (χ1n) is 3.16. The van der Waals surface area contributed by atoms with Crippen LogP contribution in [0.3, 0.4) is 0 Å². The molecule has 2 nitrogen and oxygen atoms in total. The molecule has 0 spiro atoms. The van der Waals surface area contributed by atoms with Crippen molar-refractivity contribution in [1.29, 1.82) is 0 Å². The minimum atomic E-state index is -0.715. The van der Waals surface area contributed by atoms with Gasteiger partial charge in [0.15, 0.2) is 0 Å².